The van der Waals surface area contributed by atoms with E-state index in [1.807, 2.05) is 34.9 Å². The van der Waals surface area contributed by atoms with Crippen LogP contribution in [0.3, 0.4) is 0 Å². The lowest BCUT2D eigenvalue weighted by atomic mass is 9.89. The molecule has 2 heterocycles. The summed E-state index contributed by atoms with van der Waals surface area (Å²) in [5, 5.41) is 15.2. The molecule has 0 aliphatic carbocycles. The molecule has 2 N–H and O–H groups in total. The minimum Gasteiger partial charge on any atom is -0.373 e. The van der Waals surface area contributed by atoms with Crippen molar-refractivity contribution in [3.05, 3.63) is 77.9 Å². The summed E-state index contributed by atoms with van der Waals surface area (Å²) in [4.78, 5) is 4.38. The summed E-state index contributed by atoms with van der Waals surface area (Å²) in [7, 11) is 1.78. The van der Waals surface area contributed by atoms with E-state index in [9.17, 15) is 0 Å². The third-order valence-corrected chi connectivity index (χ3v) is 5.67. The quantitative estimate of drug-likeness (QED) is 0.474. The molecular weight excluding hydrogens is 388 g/mol. The van der Waals surface area contributed by atoms with E-state index in [4.69, 9.17) is 4.74 Å². The average molecular weight is 419 g/mol. The lowest BCUT2D eigenvalue weighted by Crippen LogP contribution is -2.42. The number of para-hydroxylation sites is 1. The van der Waals surface area contributed by atoms with Crippen molar-refractivity contribution in [3.63, 3.8) is 0 Å². The van der Waals surface area contributed by atoms with Crippen molar-refractivity contribution in [2.45, 2.75) is 32.4 Å². The Kier molecular flexibility index (Phi) is 6.94. The highest BCUT2D eigenvalue weighted by Crippen LogP contribution is 2.33. The van der Waals surface area contributed by atoms with E-state index >= 15 is 0 Å². The molecule has 2 atom stereocenters. The molecule has 1 aliphatic heterocycles. The molecule has 1 aliphatic rings. The second kappa shape index (κ2) is 10.2. The number of guanidine groups is 1. The average Bonchev–Trinajstić information content (AvgIpc) is 3.29. The minimum atomic E-state index is 0.112. The number of hydrogen-bond donors (Lipinski definition) is 2. The van der Waals surface area contributed by atoms with E-state index in [1.54, 1.807) is 13.4 Å². The lowest BCUT2D eigenvalue weighted by Gasteiger charge is -2.32. The van der Waals surface area contributed by atoms with Crippen LogP contribution in [0.15, 0.2) is 65.9 Å². The monoisotopic (exact) mass is 418 g/mol. The molecule has 162 valence electrons. The van der Waals surface area contributed by atoms with Crippen molar-refractivity contribution < 1.29 is 4.74 Å². The summed E-state index contributed by atoms with van der Waals surface area (Å²) in [6, 6.07) is 18.7. The van der Waals surface area contributed by atoms with Crippen LogP contribution >= 0.6 is 0 Å². The van der Waals surface area contributed by atoms with Gasteiger partial charge in [0.1, 0.15) is 6.33 Å². The molecular formula is C24H30N6O. The first-order valence-electron chi connectivity index (χ1n) is 10.8. The molecule has 1 fully saturated rings. The molecule has 0 bridgehead atoms. The molecule has 1 saturated heterocycles. The Morgan fingerprint density at radius 2 is 1.94 bits per heavy atom. The smallest absolute Gasteiger partial charge is 0.191 e. The number of nitrogens with zero attached hydrogens (tertiary/aromatic N) is 4. The highest BCUT2D eigenvalue weighted by atomic mass is 16.5. The summed E-state index contributed by atoms with van der Waals surface area (Å²) in [5.41, 5.74) is 3.55. The van der Waals surface area contributed by atoms with Crippen molar-refractivity contribution >= 4 is 5.96 Å². The number of aliphatic imine (C=N–C) groups is 1. The zero-order valence-electron chi connectivity index (χ0n) is 18.2. The van der Waals surface area contributed by atoms with Gasteiger partial charge in [-0.1, -0.05) is 48.0 Å². The maximum atomic E-state index is 6.14. The molecule has 0 radical (unpaired) electrons. The molecule has 0 spiro atoms. The number of nitrogens with one attached hydrogen (secondary N) is 2. The van der Waals surface area contributed by atoms with E-state index in [0.717, 1.165) is 43.5 Å². The number of hydrogen-bond acceptors (Lipinski definition) is 4. The Morgan fingerprint density at radius 1 is 1.13 bits per heavy atom. The van der Waals surface area contributed by atoms with Gasteiger partial charge >= 0.3 is 0 Å². The Balaban J connectivity index is 1.35. The third-order valence-electron chi connectivity index (χ3n) is 5.67. The van der Waals surface area contributed by atoms with Crippen LogP contribution < -0.4 is 10.6 Å². The first-order chi connectivity index (χ1) is 15.2. The van der Waals surface area contributed by atoms with Crippen LogP contribution in [0.1, 0.15) is 35.9 Å². The molecule has 2 aromatic carbocycles. The second-order valence-electron chi connectivity index (χ2n) is 7.86. The van der Waals surface area contributed by atoms with Gasteiger partial charge < -0.3 is 15.4 Å². The van der Waals surface area contributed by atoms with Gasteiger partial charge in [-0.05, 0) is 37.5 Å². The molecule has 31 heavy (non-hydrogen) atoms. The lowest BCUT2D eigenvalue weighted by molar-refractivity contribution is -0.0265. The molecule has 3 aromatic rings. The third kappa shape index (κ3) is 5.30. The fraction of sp³-hybridized carbons (Fsp3) is 0.375. The zero-order chi connectivity index (χ0) is 21.5. The largest absolute Gasteiger partial charge is 0.373 e. The summed E-state index contributed by atoms with van der Waals surface area (Å²) in [6.07, 6.45) is 4.06. The second-order valence-corrected chi connectivity index (χ2v) is 7.86. The Morgan fingerprint density at radius 3 is 2.71 bits per heavy atom. The standard InChI is InChI=1S/C24H30N6O/c1-18-10-12-19(13-11-18)23-20(7-6-14-31-23)15-26-24(25-2)27-16-22-29-28-17-30(22)21-8-4-3-5-9-21/h3-5,8-13,17,20,23H,6-7,14-16H2,1-2H3,(H2,25,26,27). The van der Waals surface area contributed by atoms with Gasteiger partial charge in [0.05, 0.1) is 12.6 Å². The normalized spacial score (nSPS) is 19.2. The van der Waals surface area contributed by atoms with Gasteiger partial charge in [-0.2, -0.15) is 0 Å². The predicted octanol–water partition coefficient (Wildman–Crippen LogP) is 3.41. The Hall–Kier alpha value is -3.19. The SMILES string of the molecule is CN=C(NCc1nncn1-c1ccccc1)NCC1CCCOC1c1ccc(C)cc1. The van der Waals surface area contributed by atoms with Crippen molar-refractivity contribution in [2.24, 2.45) is 10.9 Å². The van der Waals surface area contributed by atoms with Crippen LogP contribution in [0.5, 0.6) is 0 Å². The number of ether oxygens (including phenoxy) is 1. The summed E-state index contributed by atoms with van der Waals surface area (Å²) < 4.78 is 8.12. The first-order valence-corrected chi connectivity index (χ1v) is 10.8. The number of aromatic nitrogens is 3. The molecule has 2 unspecified atom stereocenters. The summed E-state index contributed by atoms with van der Waals surface area (Å²) >= 11 is 0. The van der Waals surface area contributed by atoms with Crippen molar-refractivity contribution in [1.29, 1.82) is 0 Å². The maximum absolute atomic E-state index is 6.14. The Bertz CT molecular complexity index is 983. The van der Waals surface area contributed by atoms with E-state index in [-0.39, 0.29) is 6.10 Å². The van der Waals surface area contributed by atoms with E-state index in [2.05, 4.69) is 57.0 Å². The molecule has 4 rings (SSSR count). The Labute approximate surface area is 183 Å². The number of aryl methyl sites for hydroxylation is 1. The van der Waals surface area contributed by atoms with Crippen LogP contribution in [0.4, 0.5) is 0 Å². The molecule has 1 aromatic heterocycles. The highest BCUT2D eigenvalue weighted by molar-refractivity contribution is 5.79. The fourth-order valence-corrected chi connectivity index (χ4v) is 3.97. The van der Waals surface area contributed by atoms with Crippen LogP contribution in [0.2, 0.25) is 0 Å². The van der Waals surface area contributed by atoms with E-state index < -0.39 is 0 Å². The van der Waals surface area contributed by atoms with Gasteiger partial charge in [0, 0.05) is 31.8 Å². The summed E-state index contributed by atoms with van der Waals surface area (Å²) in [6.45, 7) is 4.25. The van der Waals surface area contributed by atoms with Gasteiger partial charge in [0.15, 0.2) is 11.8 Å². The fourth-order valence-electron chi connectivity index (χ4n) is 3.97. The van der Waals surface area contributed by atoms with Crippen molar-refractivity contribution in [2.75, 3.05) is 20.2 Å². The van der Waals surface area contributed by atoms with Gasteiger partial charge in [0.25, 0.3) is 0 Å². The number of rotatable bonds is 6. The van der Waals surface area contributed by atoms with E-state index in [1.165, 1.54) is 11.1 Å². The van der Waals surface area contributed by atoms with Gasteiger partial charge in [-0.3, -0.25) is 9.56 Å². The van der Waals surface area contributed by atoms with Crippen molar-refractivity contribution in [1.82, 2.24) is 25.4 Å². The molecule has 0 saturated carbocycles. The molecule has 7 heteroatoms. The highest BCUT2D eigenvalue weighted by Gasteiger charge is 2.27. The van der Waals surface area contributed by atoms with Crippen LogP contribution in [0.25, 0.3) is 5.69 Å². The maximum Gasteiger partial charge on any atom is 0.191 e. The van der Waals surface area contributed by atoms with Gasteiger partial charge in [0.2, 0.25) is 0 Å². The predicted molar refractivity (Wildman–Crippen MR) is 122 cm³/mol. The van der Waals surface area contributed by atoms with Crippen LogP contribution in [0, 0.1) is 12.8 Å². The summed E-state index contributed by atoms with van der Waals surface area (Å²) in [5.74, 6) is 1.96. The molecule has 0 amide bonds. The number of benzene rings is 2. The van der Waals surface area contributed by atoms with Crippen LogP contribution in [-0.4, -0.2) is 40.9 Å². The zero-order valence-corrected chi connectivity index (χ0v) is 18.2. The van der Waals surface area contributed by atoms with Crippen molar-refractivity contribution in [3.8, 4) is 5.69 Å². The minimum absolute atomic E-state index is 0.112. The van der Waals surface area contributed by atoms with E-state index in [0.29, 0.717) is 12.5 Å². The van der Waals surface area contributed by atoms with Gasteiger partial charge in [-0.15, -0.1) is 10.2 Å². The van der Waals surface area contributed by atoms with Crippen LogP contribution in [-0.2, 0) is 11.3 Å². The topological polar surface area (TPSA) is 76.4 Å². The first kappa shape index (κ1) is 21.1. The molecule has 7 nitrogen and oxygen atoms in total. The van der Waals surface area contributed by atoms with Gasteiger partial charge in [-0.25, -0.2) is 0 Å².